The Labute approximate surface area is 75.6 Å². The maximum atomic E-state index is 8.42. The van der Waals surface area contributed by atoms with Crippen molar-refractivity contribution in [3.8, 4) is 6.07 Å². The maximum absolute atomic E-state index is 8.42. The molecular formula is C10H8N2O. The molecule has 0 fully saturated rings. The summed E-state index contributed by atoms with van der Waals surface area (Å²) in [6.45, 7) is 0. The van der Waals surface area contributed by atoms with Gasteiger partial charge in [-0.25, -0.2) is 4.98 Å². The third-order valence-electron chi connectivity index (χ3n) is 1.92. The first kappa shape index (κ1) is 7.81. The van der Waals surface area contributed by atoms with Crippen LogP contribution >= 0.6 is 0 Å². The lowest BCUT2D eigenvalue weighted by Crippen LogP contribution is -1.82. The molecule has 0 bridgehead atoms. The van der Waals surface area contributed by atoms with Gasteiger partial charge in [0.15, 0.2) is 12.0 Å². The summed E-state index contributed by atoms with van der Waals surface area (Å²) in [4.78, 5) is 4.01. The van der Waals surface area contributed by atoms with Crippen molar-refractivity contribution in [3.63, 3.8) is 0 Å². The molecule has 0 aliphatic carbocycles. The Hall–Kier alpha value is -1.82. The predicted molar refractivity (Wildman–Crippen MR) is 47.9 cm³/mol. The van der Waals surface area contributed by atoms with Gasteiger partial charge >= 0.3 is 0 Å². The molecule has 2 rings (SSSR count). The Morgan fingerprint density at radius 1 is 1.46 bits per heavy atom. The Kier molecular flexibility index (Phi) is 1.97. The van der Waals surface area contributed by atoms with Crippen LogP contribution in [-0.2, 0) is 6.42 Å². The summed E-state index contributed by atoms with van der Waals surface area (Å²) in [7, 11) is 0. The zero-order valence-electron chi connectivity index (χ0n) is 7.03. The van der Waals surface area contributed by atoms with Gasteiger partial charge in [0.05, 0.1) is 6.07 Å². The summed E-state index contributed by atoms with van der Waals surface area (Å²) >= 11 is 0. The molecule has 64 valence electrons. The fraction of sp³-hybridized carbons (Fsp3) is 0.200. The summed E-state index contributed by atoms with van der Waals surface area (Å²) < 4.78 is 5.14. The number of nitriles is 1. The summed E-state index contributed by atoms with van der Waals surface area (Å²) in [6.07, 6.45) is 2.74. The molecule has 0 amide bonds. The van der Waals surface area contributed by atoms with E-state index >= 15 is 0 Å². The Morgan fingerprint density at radius 3 is 3.23 bits per heavy atom. The number of oxazole rings is 1. The van der Waals surface area contributed by atoms with Gasteiger partial charge < -0.3 is 4.42 Å². The zero-order valence-corrected chi connectivity index (χ0v) is 7.03. The number of benzene rings is 1. The average Bonchev–Trinajstić information content (AvgIpc) is 2.61. The zero-order chi connectivity index (χ0) is 9.10. The largest absolute Gasteiger partial charge is 0.443 e. The van der Waals surface area contributed by atoms with Crippen LogP contribution in [0.5, 0.6) is 0 Å². The number of nitrogens with zero attached hydrogens (tertiary/aromatic N) is 2. The van der Waals surface area contributed by atoms with Crippen LogP contribution in [0.1, 0.15) is 12.0 Å². The third-order valence-corrected chi connectivity index (χ3v) is 1.92. The number of fused-ring (bicyclic) bond motifs is 1. The van der Waals surface area contributed by atoms with Crippen molar-refractivity contribution >= 4 is 11.1 Å². The monoisotopic (exact) mass is 172 g/mol. The first-order valence-electron chi connectivity index (χ1n) is 4.09. The van der Waals surface area contributed by atoms with Crippen LogP contribution in [0.4, 0.5) is 0 Å². The highest BCUT2D eigenvalue weighted by molar-refractivity contribution is 5.72. The van der Waals surface area contributed by atoms with Crippen molar-refractivity contribution in [3.05, 3.63) is 30.2 Å². The summed E-state index contributed by atoms with van der Waals surface area (Å²) in [5.41, 5.74) is 2.77. The third kappa shape index (κ3) is 1.52. The van der Waals surface area contributed by atoms with Crippen molar-refractivity contribution in [1.29, 1.82) is 5.26 Å². The van der Waals surface area contributed by atoms with Crippen molar-refractivity contribution in [1.82, 2.24) is 4.98 Å². The van der Waals surface area contributed by atoms with Crippen LogP contribution in [-0.4, -0.2) is 4.98 Å². The van der Waals surface area contributed by atoms with Gasteiger partial charge in [-0.05, 0) is 24.1 Å². The molecule has 0 aliphatic heterocycles. The fourth-order valence-electron chi connectivity index (χ4n) is 1.26. The van der Waals surface area contributed by atoms with Crippen LogP contribution in [0, 0.1) is 11.3 Å². The van der Waals surface area contributed by atoms with Crippen LogP contribution in [0.2, 0.25) is 0 Å². The van der Waals surface area contributed by atoms with Gasteiger partial charge in [-0.2, -0.15) is 5.26 Å². The normalized spacial score (nSPS) is 10.1. The first-order chi connectivity index (χ1) is 6.40. The summed E-state index contributed by atoms with van der Waals surface area (Å²) in [5.74, 6) is 0. The Bertz CT molecular complexity index is 453. The molecule has 1 aromatic heterocycles. The number of hydrogen-bond acceptors (Lipinski definition) is 3. The molecule has 13 heavy (non-hydrogen) atoms. The van der Waals surface area contributed by atoms with Crippen molar-refractivity contribution < 1.29 is 4.42 Å². The van der Waals surface area contributed by atoms with E-state index in [4.69, 9.17) is 9.68 Å². The molecule has 0 radical (unpaired) electrons. The van der Waals surface area contributed by atoms with Gasteiger partial charge in [-0.15, -0.1) is 0 Å². The molecule has 0 unspecified atom stereocenters. The quantitative estimate of drug-likeness (QED) is 0.698. The number of aromatic nitrogens is 1. The van der Waals surface area contributed by atoms with E-state index in [2.05, 4.69) is 11.1 Å². The second kappa shape index (κ2) is 3.28. The second-order valence-corrected chi connectivity index (χ2v) is 2.81. The summed E-state index contributed by atoms with van der Waals surface area (Å²) in [5, 5.41) is 8.42. The van der Waals surface area contributed by atoms with E-state index in [1.165, 1.54) is 6.39 Å². The van der Waals surface area contributed by atoms with E-state index in [0.717, 1.165) is 23.1 Å². The summed E-state index contributed by atoms with van der Waals surface area (Å²) in [6, 6.07) is 7.92. The van der Waals surface area contributed by atoms with E-state index in [0.29, 0.717) is 6.42 Å². The average molecular weight is 172 g/mol. The van der Waals surface area contributed by atoms with E-state index in [1.807, 2.05) is 18.2 Å². The molecule has 0 saturated carbocycles. The molecule has 0 saturated heterocycles. The number of aryl methyl sites for hydroxylation is 1. The Balaban J connectivity index is 2.33. The first-order valence-corrected chi connectivity index (χ1v) is 4.09. The highest BCUT2D eigenvalue weighted by Crippen LogP contribution is 2.14. The number of rotatable bonds is 2. The maximum Gasteiger partial charge on any atom is 0.181 e. The van der Waals surface area contributed by atoms with Crippen LogP contribution in [0.3, 0.4) is 0 Å². The van der Waals surface area contributed by atoms with Crippen LogP contribution < -0.4 is 0 Å². The van der Waals surface area contributed by atoms with Crippen molar-refractivity contribution in [2.45, 2.75) is 12.8 Å². The van der Waals surface area contributed by atoms with Crippen LogP contribution in [0.25, 0.3) is 11.1 Å². The SMILES string of the molecule is N#CCCc1ccc2ncoc2c1. The fourth-order valence-corrected chi connectivity index (χ4v) is 1.26. The lowest BCUT2D eigenvalue weighted by Gasteiger charge is -1.94. The Morgan fingerprint density at radius 2 is 2.38 bits per heavy atom. The minimum absolute atomic E-state index is 0.541. The van der Waals surface area contributed by atoms with Gasteiger partial charge in [0.2, 0.25) is 0 Å². The van der Waals surface area contributed by atoms with Crippen LogP contribution in [0.15, 0.2) is 29.0 Å². The lowest BCUT2D eigenvalue weighted by atomic mass is 10.1. The smallest absolute Gasteiger partial charge is 0.181 e. The molecule has 0 aliphatic rings. The van der Waals surface area contributed by atoms with Gasteiger partial charge in [-0.3, -0.25) is 0 Å². The molecule has 0 atom stereocenters. The molecule has 3 heteroatoms. The number of hydrogen-bond donors (Lipinski definition) is 0. The topological polar surface area (TPSA) is 49.8 Å². The van der Waals surface area contributed by atoms with Gasteiger partial charge in [0.1, 0.15) is 5.52 Å². The minimum atomic E-state index is 0.541. The molecule has 0 spiro atoms. The van der Waals surface area contributed by atoms with E-state index in [-0.39, 0.29) is 0 Å². The van der Waals surface area contributed by atoms with Gasteiger partial charge in [-0.1, -0.05) is 6.07 Å². The van der Waals surface area contributed by atoms with Crippen molar-refractivity contribution in [2.24, 2.45) is 0 Å². The van der Waals surface area contributed by atoms with Gasteiger partial charge in [0, 0.05) is 6.42 Å². The predicted octanol–water partition coefficient (Wildman–Crippen LogP) is 2.28. The molecule has 3 nitrogen and oxygen atoms in total. The standard InChI is InChI=1S/C10H8N2O/c11-5-1-2-8-3-4-9-10(6-8)13-7-12-9/h3-4,6-7H,1-2H2. The molecular weight excluding hydrogens is 164 g/mol. The minimum Gasteiger partial charge on any atom is -0.443 e. The second-order valence-electron chi connectivity index (χ2n) is 2.81. The highest BCUT2D eigenvalue weighted by atomic mass is 16.3. The molecule has 0 N–H and O–H groups in total. The lowest BCUT2D eigenvalue weighted by molar-refractivity contribution is 0.601. The highest BCUT2D eigenvalue weighted by Gasteiger charge is 1.99. The van der Waals surface area contributed by atoms with Gasteiger partial charge in [0.25, 0.3) is 0 Å². The molecule has 2 aromatic rings. The van der Waals surface area contributed by atoms with Crippen molar-refractivity contribution in [2.75, 3.05) is 0 Å². The van der Waals surface area contributed by atoms with E-state index in [9.17, 15) is 0 Å². The van der Waals surface area contributed by atoms with E-state index in [1.54, 1.807) is 0 Å². The molecule has 1 heterocycles. The molecule has 1 aromatic carbocycles. The van der Waals surface area contributed by atoms with E-state index < -0.39 is 0 Å².